The van der Waals surface area contributed by atoms with Gasteiger partial charge in [-0.3, -0.25) is 9.59 Å². The summed E-state index contributed by atoms with van der Waals surface area (Å²) < 4.78 is 23.4. The van der Waals surface area contributed by atoms with E-state index in [4.69, 9.17) is 0 Å². The number of hydrogen-bond donors (Lipinski definition) is 1. The van der Waals surface area contributed by atoms with Crippen molar-refractivity contribution in [1.29, 1.82) is 0 Å². The lowest BCUT2D eigenvalue weighted by atomic mass is 10.0. The first-order chi connectivity index (χ1) is 12.9. The van der Waals surface area contributed by atoms with Gasteiger partial charge in [-0.1, -0.05) is 43.7 Å². The Balaban J connectivity index is 1.75. The molecule has 1 fully saturated rings. The monoisotopic (exact) mass is 391 g/mol. The molecule has 2 aliphatic heterocycles. The Labute approximate surface area is 159 Å². The van der Waals surface area contributed by atoms with E-state index < -0.39 is 15.9 Å². The molecule has 1 N–H and O–H groups in total. The van der Waals surface area contributed by atoms with Gasteiger partial charge in [0.25, 0.3) is 5.91 Å². The van der Waals surface area contributed by atoms with Crippen molar-refractivity contribution in [1.82, 2.24) is 10.3 Å². The quantitative estimate of drug-likeness (QED) is 0.800. The average molecular weight is 391 g/mol. The third kappa shape index (κ3) is 4.74. The lowest BCUT2D eigenvalue weighted by molar-refractivity contribution is -0.133. The molecular formula is C19H25N3O4S. The van der Waals surface area contributed by atoms with Crippen molar-refractivity contribution in [2.24, 2.45) is 5.10 Å². The molecule has 8 heteroatoms. The molecule has 1 aromatic rings. The Bertz CT molecular complexity index is 836. The molecule has 2 atom stereocenters. The molecule has 27 heavy (non-hydrogen) atoms. The second kappa shape index (κ2) is 8.21. The Kier molecular flexibility index (Phi) is 5.94. The van der Waals surface area contributed by atoms with Crippen molar-refractivity contribution in [3.63, 3.8) is 0 Å². The van der Waals surface area contributed by atoms with Crippen LogP contribution in [0, 0.1) is 0 Å². The summed E-state index contributed by atoms with van der Waals surface area (Å²) in [6.07, 6.45) is 2.53. The summed E-state index contributed by atoms with van der Waals surface area (Å²) in [5.74, 6) is -0.539. The Morgan fingerprint density at radius 2 is 2.04 bits per heavy atom. The van der Waals surface area contributed by atoms with Gasteiger partial charge in [0, 0.05) is 12.8 Å². The third-order valence-electron chi connectivity index (χ3n) is 4.96. The smallest absolute Gasteiger partial charge is 0.267 e. The Morgan fingerprint density at radius 1 is 1.30 bits per heavy atom. The molecule has 2 aliphatic rings. The zero-order chi connectivity index (χ0) is 19.4. The Hall–Kier alpha value is -2.22. The number of benzene rings is 1. The predicted molar refractivity (Wildman–Crippen MR) is 103 cm³/mol. The summed E-state index contributed by atoms with van der Waals surface area (Å²) in [5, 5.41) is 8.48. The standard InChI is InChI=1S/C19H25N3O4S/c1-2-6-16(14-7-4-3-5-8-14)20-19(24)17-9-10-18(23)22(21-17)15-11-12-27(25,26)13-15/h3-5,7-8,15-16H,2,6,9-13H2,1H3,(H,20,24). The average Bonchev–Trinajstić information content (AvgIpc) is 3.02. The van der Waals surface area contributed by atoms with Gasteiger partial charge >= 0.3 is 0 Å². The lowest BCUT2D eigenvalue weighted by Crippen LogP contribution is -2.44. The summed E-state index contributed by atoms with van der Waals surface area (Å²) in [5.41, 5.74) is 1.31. The van der Waals surface area contributed by atoms with Gasteiger partial charge in [0.2, 0.25) is 5.91 Å². The van der Waals surface area contributed by atoms with Crippen molar-refractivity contribution < 1.29 is 18.0 Å². The van der Waals surface area contributed by atoms with Crippen molar-refractivity contribution in [2.45, 2.75) is 51.1 Å². The highest BCUT2D eigenvalue weighted by molar-refractivity contribution is 7.91. The van der Waals surface area contributed by atoms with Crippen LogP contribution >= 0.6 is 0 Å². The van der Waals surface area contributed by atoms with Crippen LogP contribution in [0.5, 0.6) is 0 Å². The van der Waals surface area contributed by atoms with Crippen LogP contribution in [-0.4, -0.2) is 48.5 Å². The zero-order valence-electron chi connectivity index (χ0n) is 15.4. The highest BCUT2D eigenvalue weighted by atomic mass is 32.2. The number of rotatable bonds is 6. The summed E-state index contributed by atoms with van der Waals surface area (Å²) in [6, 6.07) is 9.16. The first kappa shape index (κ1) is 19.5. The van der Waals surface area contributed by atoms with Crippen LogP contribution in [0.15, 0.2) is 35.4 Å². The molecule has 146 valence electrons. The van der Waals surface area contributed by atoms with Gasteiger partial charge in [0.1, 0.15) is 5.71 Å². The maximum absolute atomic E-state index is 12.8. The minimum absolute atomic E-state index is 0.0606. The van der Waals surface area contributed by atoms with E-state index in [-0.39, 0.29) is 47.9 Å². The fraction of sp³-hybridized carbons (Fsp3) is 0.526. The van der Waals surface area contributed by atoms with Crippen LogP contribution in [0.1, 0.15) is 50.6 Å². The van der Waals surface area contributed by atoms with Crippen LogP contribution in [0.2, 0.25) is 0 Å². The molecule has 2 unspecified atom stereocenters. The van der Waals surface area contributed by atoms with Gasteiger partial charge < -0.3 is 5.32 Å². The Morgan fingerprint density at radius 3 is 2.67 bits per heavy atom. The van der Waals surface area contributed by atoms with Gasteiger partial charge in [-0.05, 0) is 18.4 Å². The molecule has 3 rings (SSSR count). The minimum Gasteiger partial charge on any atom is -0.344 e. The van der Waals surface area contributed by atoms with Crippen molar-refractivity contribution in [2.75, 3.05) is 11.5 Å². The summed E-state index contributed by atoms with van der Waals surface area (Å²) in [6.45, 7) is 2.06. The fourth-order valence-corrected chi connectivity index (χ4v) is 5.22. The molecule has 0 bridgehead atoms. The molecule has 0 aromatic heterocycles. The second-order valence-corrected chi connectivity index (χ2v) is 9.30. The number of carbonyl (C=O) groups is 2. The van der Waals surface area contributed by atoms with Crippen LogP contribution in [-0.2, 0) is 19.4 Å². The van der Waals surface area contributed by atoms with E-state index in [2.05, 4.69) is 17.3 Å². The van der Waals surface area contributed by atoms with E-state index in [1.807, 2.05) is 30.3 Å². The molecular weight excluding hydrogens is 366 g/mol. The van der Waals surface area contributed by atoms with Crippen LogP contribution in [0.3, 0.4) is 0 Å². The number of hydrogen-bond acceptors (Lipinski definition) is 5. The molecule has 7 nitrogen and oxygen atoms in total. The van der Waals surface area contributed by atoms with E-state index in [0.29, 0.717) is 6.42 Å². The minimum atomic E-state index is -3.13. The molecule has 0 radical (unpaired) electrons. The van der Waals surface area contributed by atoms with E-state index in [9.17, 15) is 18.0 Å². The van der Waals surface area contributed by atoms with Crippen LogP contribution < -0.4 is 5.32 Å². The lowest BCUT2D eigenvalue weighted by Gasteiger charge is -2.28. The summed E-state index contributed by atoms with van der Waals surface area (Å²) in [7, 11) is -3.13. The van der Waals surface area contributed by atoms with Crippen molar-refractivity contribution in [3.05, 3.63) is 35.9 Å². The zero-order valence-corrected chi connectivity index (χ0v) is 16.2. The number of nitrogens with zero attached hydrogens (tertiary/aromatic N) is 2. The highest BCUT2D eigenvalue weighted by Gasteiger charge is 2.37. The molecule has 0 aliphatic carbocycles. The maximum Gasteiger partial charge on any atom is 0.267 e. The molecule has 1 aromatic carbocycles. The molecule has 2 amide bonds. The topological polar surface area (TPSA) is 95.9 Å². The van der Waals surface area contributed by atoms with E-state index >= 15 is 0 Å². The first-order valence-corrected chi connectivity index (χ1v) is 11.2. The van der Waals surface area contributed by atoms with E-state index in [1.165, 1.54) is 5.01 Å². The van der Waals surface area contributed by atoms with Gasteiger partial charge in [-0.25, -0.2) is 13.4 Å². The van der Waals surface area contributed by atoms with E-state index in [1.54, 1.807) is 0 Å². The van der Waals surface area contributed by atoms with Crippen molar-refractivity contribution in [3.8, 4) is 0 Å². The highest BCUT2D eigenvalue weighted by Crippen LogP contribution is 2.23. The fourth-order valence-electron chi connectivity index (χ4n) is 3.53. The van der Waals surface area contributed by atoms with Gasteiger partial charge in [0.05, 0.1) is 23.6 Å². The van der Waals surface area contributed by atoms with Gasteiger partial charge in [-0.15, -0.1) is 0 Å². The summed E-state index contributed by atoms with van der Waals surface area (Å²) >= 11 is 0. The van der Waals surface area contributed by atoms with Crippen LogP contribution in [0.25, 0.3) is 0 Å². The maximum atomic E-state index is 12.8. The summed E-state index contributed by atoms with van der Waals surface area (Å²) in [4.78, 5) is 25.0. The predicted octanol–water partition coefficient (Wildman–Crippen LogP) is 1.81. The first-order valence-electron chi connectivity index (χ1n) is 9.35. The normalized spacial score (nSPS) is 23.0. The van der Waals surface area contributed by atoms with Crippen molar-refractivity contribution >= 4 is 27.4 Å². The number of nitrogens with one attached hydrogen (secondary N) is 1. The van der Waals surface area contributed by atoms with Crippen LogP contribution in [0.4, 0.5) is 0 Å². The van der Waals surface area contributed by atoms with Gasteiger partial charge in [0.15, 0.2) is 9.84 Å². The number of sulfone groups is 1. The number of amides is 2. The largest absolute Gasteiger partial charge is 0.344 e. The third-order valence-corrected chi connectivity index (χ3v) is 6.71. The molecule has 2 heterocycles. The second-order valence-electron chi connectivity index (χ2n) is 7.07. The van der Waals surface area contributed by atoms with Gasteiger partial charge in [-0.2, -0.15) is 5.10 Å². The molecule has 1 saturated heterocycles. The number of hydrazone groups is 1. The molecule has 0 spiro atoms. The SMILES string of the molecule is CCCC(NC(=O)C1=NN(C2CCS(=O)(=O)C2)C(=O)CC1)c1ccccc1. The number of carbonyl (C=O) groups excluding carboxylic acids is 2. The molecule has 0 saturated carbocycles. The van der Waals surface area contributed by atoms with E-state index in [0.717, 1.165) is 18.4 Å².